The lowest BCUT2D eigenvalue weighted by molar-refractivity contribution is 0.201. The molecule has 1 rings (SSSR count). The number of halogens is 2. The fraction of sp³-hybridized carbons (Fsp3) is 0.250. The van der Waals surface area contributed by atoms with Crippen LogP contribution in [-0.2, 0) is 0 Å². The highest BCUT2D eigenvalue weighted by Gasteiger charge is 2.10. The number of hydrogen-bond acceptors (Lipinski definition) is 2. The third-order valence-electron chi connectivity index (χ3n) is 1.49. The molecular weight excluding hydrogens is 243 g/mol. The maximum Gasteiger partial charge on any atom is 0.121 e. The van der Waals surface area contributed by atoms with E-state index < -0.39 is 6.10 Å². The average Bonchev–Trinajstić information content (AvgIpc) is 2.08. The van der Waals surface area contributed by atoms with Crippen LogP contribution in [0, 0.1) is 0 Å². The van der Waals surface area contributed by atoms with Crippen molar-refractivity contribution in [2.24, 2.45) is 0 Å². The Hall–Kier alpha value is -0.250. The van der Waals surface area contributed by atoms with E-state index in [1.165, 1.54) is 6.07 Å². The van der Waals surface area contributed by atoms with Gasteiger partial charge in [0.2, 0.25) is 0 Å². The van der Waals surface area contributed by atoms with Crippen molar-refractivity contribution in [2.75, 3.05) is 5.33 Å². The molecule has 0 fully saturated rings. The smallest absolute Gasteiger partial charge is 0.121 e. The fourth-order valence-corrected chi connectivity index (χ4v) is 1.40. The normalized spacial score (nSPS) is 12.9. The largest absolute Gasteiger partial charge is 0.508 e. The summed E-state index contributed by atoms with van der Waals surface area (Å²) in [6.07, 6.45) is -0.719. The van der Waals surface area contributed by atoms with E-state index in [-0.39, 0.29) is 5.75 Å². The number of aliphatic hydroxyl groups is 1. The van der Waals surface area contributed by atoms with Crippen molar-refractivity contribution in [1.82, 2.24) is 0 Å². The Kier molecular flexibility index (Phi) is 3.38. The number of aromatic hydroxyl groups is 1. The molecule has 0 amide bonds. The Balaban J connectivity index is 3.04. The first-order valence-electron chi connectivity index (χ1n) is 3.37. The third kappa shape index (κ3) is 2.12. The first kappa shape index (κ1) is 9.84. The Morgan fingerprint density at radius 1 is 1.50 bits per heavy atom. The zero-order valence-electron chi connectivity index (χ0n) is 6.17. The highest BCUT2D eigenvalue weighted by molar-refractivity contribution is 9.09. The first-order valence-corrected chi connectivity index (χ1v) is 4.87. The van der Waals surface area contributed by atoms with Gasteiger partial charge < -0.3 is 10.2 Å². The summed E-state index contributed by atoms with van der Waals surface area (Å²) in [5.74, 6) is 0.0614. The van der Waals surface area contributed by atoms with E-state index in [0.29, 0.717) is 15.9 Å². The van der Waals surface area contributed by atoms with Crippen molar-refractivity contribution in [1.29, 1.82) is 0 Å². The van der Waals surface area contributed by atoms with Crippen molar-refractivity contribution in [3.05, 3.63) is 28.8 Å². The number of phenols is 1. The minimum absolute atomic E-state index is 0.0614. The van der Waals surface area contributed by atoms with Crippen LogP contribution in [0.2, 0.25) is 5.02 Å². The molecule has 1 atom stereocenters. The molecule has 0 radical (unpaired) electrons. The van der Waals surface area contributed by atoms with Crippen LogP contribution < -0.4 is 0 Å². The fourth-order valence-electron chi connectivity index (χ4n) is 0.875. The van der Waals surface area contributed by atoms with Gasteiger partial charge in [-0.3, -0.25) is 0 Å². The maximum absolute atomic E-state index is 9.37. The predicted octanol–water partition coefficient (Wildman–Crippen LogP) is 2.47. The SMILES string of the molecule is Oc1ccc(Cl)cc1C(O)CBr. The highest BCUT2D eigenvalue weighted by atomic mass is 79.9. The van der Waals surface area contributed by atoms with E-state index in [1.54, 1.807) is 12.1 Å². The summed E-state index contributed by atoms with van der Waals surface area (Å²) in [5, 5.41) is 19.5. The quantitative estimate of drug-likeness (QED) is 0.793. The van der Waals surface area contributed by atoms with Crippen molar-refractivity contribution in [3.63, 3.8) is 0 Å². The molecule has 2 N–H and O–H groups in total. The molecule has 1 unspecified atom stereocenters. The topological polar surface area (TPSA) is 40.5 Å². The second kappa shape index (κ2) is 4.12. The number of alkyl halides is 1. The van der Waals surface area contributed by atoms with Gasteiger partial charge in [0, 0.05) is 15.9 Å². The summed E-state index contributed by atoms with van der Waals surface area (Å²) in [7, 11) is 0. The number of hydrogen-bond donors (Lipinski definition) is 2. The minimum atomic E-state index is -0.719. The molecule has 66 valence electrons. The van der Waals surface area contributed by atoms with Gasteiger partial charge in [-0.1, -0.05) is 27.5 Å². The molecule has 1 aromatic rings. The predicted molar refractivity (Wildman–Crippen MR) is 51.9 cm³/mol. The lowest BCUT2D eigenvalue weighted by Gasteiger charge is -2.09. The summed E-state index contributed by atoms with van der Waals surface area (Å²) >= 11 is 8.79. The zero-order chi connectivity index (χ0) is 9.14. The van der Waals surface area contributed by atoms with Gasteiger partial charge >= 0.3 is 0 Å². The molecule has 0 aliphatic heterocycles. The van der Waals surface area contributed by atoms with Crippen molar-refractivity contribution >= 4 is 27.5 Å². The van der Waals surface area contributed by atoms with Crippen LogP contribution in [0.1, 0.15) is 11.7 Å². The molecule has 12 heavy (non-hydrogen) atoms. The van der Waals surface area contributed by atoms with Crippen molar-refractivity contribution < 1.29 is 10.2 Å². The number of phenolic OH excluding ortho intramolecular Hbond substituents is 1. The number of benzene rings is 1. The van der Waals surface area contributed by atoms with E-state index in [2.05, 4.69) is 15.9 Å². The molecule has 0 heterocycles. The van der Waals surface area contributed by atoms with Crippen LogP contribution >= 0.6 is 27.5 Å². The van der Waals surface area contributed by atoms with Gasteiger partial charge in [0.05, 0.1) is 6.10 Å². The zero-order valence-corrected chi connectivity index (χ0v) is 8.51. The van der Waals surface area contributed by atoms with Gasteiger partial charge in [-0.15, -0.1) is 0 Å². The first-order chi connectivity index (χ1) is 5.65. The lowest BCUT2D eigenvalue weighted by atomic mass is 10.1. The Morgan fingerprint density at radius 3 is 2.75 bits per heavy atom. The van der Waals surface area contributed by atoms with Gasteiger partial charge in [0.15, 0.2) is 0 Å². The summed E-state index contributed by atoms with van der Waals surface area (Å²) in [4.78, 5) is 0. The van der Waals surface area contributed by atoms with Crippen LogP contribution in [0.25, 0.3) is 0 Å². The minimum Gasteiger partial charge on any atom is -0.508 e. The number of rotatable bonds is 2. The summed E-state index contributed by atoms with van der Waals surface area (Å²) in [5.41, 5.74) is 0.444. The molecule has 2 nitrogen and oxygen atoms in total. The van der Waals surface area contributed by atoms with E-state index in [9.17, 15) is 10.2 Å². The van der Waals surface area contributed by atoms with E-state index in [1.807, 2.05) is 0 Å². The van der Waals surface area contributed by atoms with Crippen LogP contribution in [0.15, 0.2) is 18.2 Å². The van der Waals surface area contributed by atoms with Gasteiger partial charge in [0.1, 0.15) is 5.75 Å². The second-order valence-corrected chi connectivity index (χ2v) is 3.46. The third-order valence-corrected chi connectivity index (χ3v) is 2.34. The molecular formula is C8H8BrClO2. The standard InChI is InChI=1S/C8H8BrClO2/c9-4-8(12)6-3-5(10)1-2-7(6)11/h1-3,8,11-12H,4H2. The van der Waals surface area contributed by atoms with E-state index in [4.69, 9.17) is 11.6 Å². The molecule has 0 aliphatic carbocycles. The highest BCUT2D eigenvalue weighted by Crippen LogP contribution is 2.27. The molecule has 0 saturated heterocycles. The van der Waals surface area contributed by atoms with Crippen LogP contribution in [0.4, 0.5) is 0 Å². The molecule has 0 spiro atoms. The summed E-state index contributed by atoms with van der Waals surface area (Å²) in [6.45, 7) is 0. The molecule has 0 aliphatic rings. The van der Waals surface area contributed by atoms with Crippen LogP contribution in [0.5, 0.6) is 5.75 Å². The molecule has 4 heteroatoms. The van der Waals surface area contributed by atoms with Crippen molar-refractivity contribution in [2.45, 2.75) is 6.10 Å². The Bertz CT molecular complexity index is 278. The van der Waals surface area contributed by atoms with E-state index >= 15 is 0 Å². The molecule has 1 aromatic carbocycles. The van der Waals surface area contributed by atoms with Crippen molar-refractivity contribution in [3.8, 4) is 5.75 Å². The van der Waals surface area contributed by atoms with Crippen LogP contribution in [0.3, 0.4) is 0 Å². The molecule has 0 aromatic heterocycles. The lowest BCUT2D eigenvalue weighted by Crippen LogP contribution is -1.98. The van der Waals surface area contributed by atoms with Crippen LogP contribution in [-0.4, -0.2) is 15.5 Å². The summed E-state index contributed by atoms with van der Waals surface area (Å²) in [6, 6.07) is 4.58. The molecule has 0 bridgehead atoms. The van der Waals surface area contributed by atoms with Gasteiger partial charge in [0.25, 0.3) is 0 Å². The van der Waals surface area contributed by atoms with Gasteiger partial charge in [-0.25, -0.2) is 0 Å². The molecule has 0 saturated carbocycles. The Labute approximate surface area is 83.9 Å². The van der Waals surface area contributed by atoms with Gasteiger partial charge in [-0.2, -0.15) is 0 Å². The maximum atomic E-state index is 9.37. The van der Waals surface area contributed by atoms with Gasteiger partial charge in [-0.05, 0) is 18.2 Å². The average molecular weight is 252 g/mol. The van der Waals surface area contributed by atoms with E-state index in [0.717, 1.165) is 0 Å². The summed E-state index contributed by atoms with van der Waals surface area (Å²) < 4.78 is 0. The Morgan fingerprint density at radius 2 is 2.17 bits per heavy atom. The number of aliphatic hydroxyl groups excluding tert-OH is 1. The monoisotopic (exact) mass is 250 g/mol. The second-order valence-electron chi connectivity index (χ2n) is 2.37.